The summed E-state index contributed by atoms with van der Waals surface area (Å²) in [4.78, 5) is 4.00. The average Bonchev–Trinajstić information content (AvgIpc) is 2.35. The van der Waals surface area contributed by atoms with Gasteiger partial charge < -0.3 is 5.11 Å². The molecule has 1 aromatic rings. The van der Waals surface area contributed by atoms with E-state index in [1.807, 2.05) is 7.05 Å². The van der Waals surface area contributed by atoms with Gasteiger partial charge in [-0.3, -0.25) is 9.67 Å². The van der Waals surface area contributed by atoms with E-state index in [2.05, 4.69) is 10.1 Å². The maximum absolute atomic E-state index is 9.37. The first-order valence-corrected chi connectivity index (χ1v) is 3.48. The van der Waals surface area contributed by atoms with Crippen molar-refractivity contribution in [3.63, 3.8) is 0 Å². The lowest BCUT2D eigenvalue weighted by Crippen LogP contribution is -2.09. The van der Waals surface area contributed by atoms with E-state index in [-0.39, 0.29) is 0 Å². The fourth-order valence-electron chi connectivity index (χ4n) is 1.24. The standard InChI is InChI=1S/C7H9N3O/c1-10-6-3-8-4-7(11)5(6)2-9-10/h2,4,7,11H,3H2,1H3. The van der Waals surface area contributed by atoms with Gasteiger partial charge in [-0.25, -0.2) is 0 Å². The molecule has 1 unspecified atom stereocenters. The third-order valence-electron chi connectivity index (χ3n) is 1.90. The number of hydrogen-bond acceptors (Lipinski definition) is 3. The number of aliphatic hydroxyl groups is 1. The summed E-state index contributed by atoms with van der Waals surface area (Å²) in [6, 6.07) is 0. The van der Waals surface area contributed by atoms with E-state index in [9.17, 15) is 5.11 Å². The summed E-state index contributed by atoms with van der Waals surface area (Å²) in [5, 5.41) is 13.4. The van der Waals surface area contributed by atoms with E-state index in [1.165, 1.54) is 0 Å². The van der Waals surface area contributed by atoms with Crippen molar-refractivity contribution in [2.45, 2.75) is 12.6 Å². The largest absolute Gasteiger partial charge is 0.383 e. The van der Waals surface area contributed by atoms with Crippen LogP contribution in [0, 0.1) is 0 Å². The maximum atomic E-state index is 9.37. The minimum Gasteiger partial charge on any atom is -0.383 e. The number of hydrogen-bond donors (Lipinski definition) is 1. The molecule has 1 aromatic heterocycles. The van der Waals surface area contributed by atoms with Crippen molar-refractivity contribution >= 4 is 6.21 Å². The van der Waals surface area contributed by atoms with Crippen LogP contribution in [-0.2, 0) is 13.6 Å². The topological polar surface area (TPSA) is 50.4 Å². The van der Waals surface area contributed by atoms with Crippen molar-refractivity contribution in [1.82, 2.24) is 9.78 Å². The number of fused-ring (bicyclic) bond motifs is 1. The van der Waals surface area contributed by atoms with Crippen LogP contribution in [0.15, 0.2) is 11.2 Å². The quantitative estimate of drug-likeness (QED) is 0.569. The molecule has 0 saturated carbocycles. The first-order chi connectivity index (χ1) is 5.29. The van der Waals surface area contributed by atoms with Gasteiger partial charge in [-0.15, -0.1) is 0 Å². The Morgan fingerprint density at radius 3 is 3.27 bits per heavy atom. The number of aryl methyl sites for hydroxylation is 1. The predicted molar refractivity (Wildman–Crippen MR) is 40.4 cm³/mol. The third-order valence-corrected chi connectivity index (χ3v) is 1.90. The molecule has 0 saturated heterocycles. The smallest absolute Gasteiger partial charge is 0.117 e. The SMILES string of the molecule is Cn1ncc2c1CN=CC2O. The van der Waals surface area contributed by atoms with E-state index in [0.717, 1.165) is 11.3 Å². The molecule has 2 heterocycles. The van der Waals surface area contributed by atoms with Gasteiger partial charge in [0.1, 0.15) is 6.10 Å². The van der Waals surface area contributed by atoms with Crippen LogP contribution in [-0.4, -0.2) is 21.1 Å². The molecule has 0 aliphatic carbocycles. The molecule has 0 radical (unpaired) electrons. The van der Waals surface area contributed by atoms with Crippen molar-refractivity contribution in [1.29, 1.82) is 0 Å². The van der Waals surface area contributed by atoms with Gasteiger partial charge in [0.05, 0.1) is 18.4 Å². The molecule has 0 bridgehead atoms. The van der Waals surface area contributed by atoms with Crippen LogP contribution in [0.3, 0.4) is 0 Å². The highest BCUT2D eigenvalue weighted by Crippen LogP contribution is 2.20. The minimum absolute atomic E-state index is 0.563. The molecular weight excluding hydrogens is 142 g/mol. The molecule has 0 aromatic carbocycles. The lowest BCUT2D eigenvalue weighted by molar-refractivity contribution is 0.248. The van der Waals surface area contributed by atoms with Crippen LogP contribution in [0.4, 0.5) is 0 Å². The number of aromatic nitrogens is 2. The monoisotopic (exact) mass is 151 g/mol. The van der Waals surface area contributed by atoms with Crippen LogP contribution in [0.2, 0.25) is 0 Å². The molecule has 0 spiro atoms. The van der Waals surface area contributed by atoms with Gasteiger partial charge in [0.25, 0.3) is 0 Å². The highest BCUT2D eigenvalue weighted by Gasteiger charge is 2.17. The van der Waals surface area contributed by atoms with Crippen molar-refractivity contribution in [2.24, 2.45) is 12.0 Å². The van der Waals surface area contributed by atoms with Gasteiger partial charge in [0.2, 0.25) is 0 Å². The Bertz CT molecular complexity index is 303. The Morgan fingerprint density at radius 2 is 2.55 bits per heavy atom. The van der Waals surface area contributed by atoms with Crippen molar-refractivity contribution in [3.8, 4) is 0 Å². The Labute approximate surface area is 64.2 Å². The molecular formula is C7H9N3O. The molecule has 1 N–H and O–H groups in total. The fraction of sp³-hybridized carbons (Fsp3) is 0.429. The number of aliphatic hydroxyl groups excluding tert-OH is 1. The van der Waals surface area contributed by atoms with Gasteiger partial charge in [-0.05, 0) is 0 Å². The molecule has 1 aliphatic rings. The van der Waals surface area contributed by atoms with Crippen LogP contribution in [0.1, 0.15) is 17.4 Å². The molecule has 1 aliphatic heterocycles. The Hall–Kier alpha value is -1.16. The van der Waals surface area contributed by atoms with Gasteiger partial charge in [-0.2, -0.15) is 5.10 Å². The zero-order chi connectivity index (χ0) is 7.84. The van der Waals surface area contributed by atoms with Gasteiger partial charge >= 0.3 is 0 Å². The summed E-state index contributed by atoms with van der Waals surface area (Å²) < 4.78 is 1.75. The molecule has 2 rings (SSSR count). The Morgan fingerprint density at radius 1 is 1.73 bits per heavy atom. The predicted octanol–water partition coefficient (Wildman–Crippen LogP) is 0.0379. The summed E-state index contributed by atoms with van der Waals surface area (Å²) in [5.74, 6) is 0. The Kier molecular flexibility index (Phi) is 1.29. The number of nitrogens with zero attached hydrogens (tertiary/aromatic N) is 3. The van der Waals surface area contributed by atoms with Gasteiger partial charge in [0.15, 0.2) is 0 Å². The molecule has 4 nitrogen and oxygen atoms in total. The first kappa shape index (κ1) is 6.54. The fourth-order valence-corrected chi connectivity index (χ4v) is 1.24. The van der Waals surface area contributed by atoms with E-state index in [1.54, 1.807) is 17.1 Å². The third kappa shape index (κ3) is 0.867. The van der Waals surface area contributed by atoms with Gasteiger partial charge in [0, 0.05) is 18.8 Å². The lowest BCUT2D eigenvalue weighted by Gasteiger charge is -2.10. The summed E-state index contributed by atoms with van der Waals surface area (Å²) in [7, 11) is 1.85. The molecule has 4 heteroatoms. The lowest BCUT2D eigenvalue weighted by atomic mass is 10.1. The molecule has 11 heavy (non-hydrogen) atoms. The highest BCUT2D eigenvalue weighted by molar-refractivity contribution is 5.67. The van der Waals surface area contributed by atoms with Crippen LogP contribution < -0.4 is 0 Å². The minimum atomic E-state index is -0.563. The number of aliphatic imine (C=N–C) groups is 1. The van der Waals surface area contributed by atoms with Crippen LogP contribution in [0.5, 0.6) is 0 Å². The molecule has 0 amide bonds. The normalized spacial score (nSPS) is 21.8. The Balaban J connectivity index is 2.52. The number of rotatable bonds is 0. The average molecular weight is 151 g/mol. The zero-order valence-corrected chi connectivity index (χ0v) is 6.23. The van der Waals surface area contributed by atoms with Crippen molar-refractivity contribution < 1.29 is 5.11 Å². The second-order valence-corrected chi connectivity index (χ2v) is 2.60. The molecule has 1 atom stereocenters. The highest BCUT2D eigenvalue weighted by atomic mass is 16.3. The summed E-state index contributed by atoms with van der Waals surface area (Å²) in [5.41, 5.74) is 1.88. The van der Waals surface area contributed by atoms with E-state index < -0.39 is 6.10 Å². The molecule has 58 valence electrons. The second kappa shape index (κ2) is 2.17. The van der Waals surface area contributed by atoms with E-state index >= 15 is 0 Å². The summed E-state index contributed by atoms with van der Waals surface area (Å²) in [6.45, 7) is 0.628. The summed E-state index contributed by atoms with van der Waals surface area (Å²) in [6.07, 6.45) is 2.67. The van der Waals surface area contributed by atoms with Gasteiger partial charge in [-0.1, -0.05) is 0 Å². The summed E-state index contributed by atoms with van der Waals surface area (Å²) >= 11 is 0. The van der Waals surface area contributed by atoms with Crippen molar-refractivity contribution in [3.05, 3.63) is 17.5 Å². The van der Waals surface area contributed by atoms with Crippen LogP contribution >= 0.6 is 0 Å². The maximum Gasteiger partial charge on any atom is 0.117 e. The zero-order valence-electron chi connectivity index (χ0n) is 6.23. The van der Waals surface area contributed by atoms with E-state index in [4.69, 9.17) is 0 Å². The van der Waals surface area contributed by atoms with E-state index in [0.29, 0.717) is 6.54 Å². The van der Waals surface area contributed by atoms with Crippen molar-refractivity contribution in [2.75, 3.05) is 0 Å². The second-order valence-electron chi connectivity index (χ2n) is 2.60. The first-order valence-electron chi connectivity index (χ1n) is 3.48. The molecule has 0 fully saturated rings. The van der Waals surface area contributed by atoms with Crippen LogP contribution in [0.25, 0.3) is 0 Å².